The summed E-state index contributed by atoms with van der Waals surface area (Å²) in [5.41, 5.74) is 0.465. The zero-order valence-electron chi connectivity index (χ0n) is 13.2. The Morgan fingerprint density at radius 1 is 1.21 bits per heavy atom. The van der Waals surface area contributed by atoms with Crippen LogP contribution in [0.1, 0.15) is 23.2 Å². The SMILES string of the molecule is O=C(NCC1CCN(c2ccccn2)CC1)c1ccc(Cl)cc1Cl. The minimum absolute atomic E-state index is 0.149. The van der Waals surface area contributed by atoms with Gasteiger partial charge in [-0.15, -0.1) is 0 Å². The molecule has 1 aliphatic heterocycles. The van der Waals surface area contributed by atoms with E-state index in [9.17, 15) is 4.79 Å². The quantitative estimate of drug-likeness (QED) is 0.891. The van der Waals surface area contributed by atoms with E-state index in [2.05, 4.69) is 15.2 Å². The third-order valence-electron chi connectivity index (χ3n) is 4.31. The number of pyridine rings is 1. The molecule has 1 saturated heterocycles. The summed E-state index contributed by atoms with van der Waals surface area (Å²) < 4.78 is 0. The van der Waals surface area contributed by atoms with Gasteiger partial charge in [0.05, 0.1) is 10.6 Å². The molecule has 2 heterocycles. The summed E-state index contributed by atoms with van der Waals surface area (Å²) in [5.74, 6) is 1.34. The minimum atomic E-state index is -0.149. The number of hydrogen-bond acceptors (Lipinski definition) is 3. The molecule has 0 unspecified atom stereocenters. The molecule has 0 aliphatic carbocycles. The number of nitrogens with one attached hydrogen (secondary N) is 1. The zero-order valence-corrected chi connectivity index (χ0v) is 14.7. The van der Waals surface area contributed by atoms with E-state index < -0.39 is 0 Å². The standard InChI is InChI=1S/C18H19Cl2N3O/c19-14-4-5-15(16(20)11-14)18(24)22-12-13-6-9-23(10-7-13)17-3-1-2-8-21-17/h1-5,8,11,13H,6-7,9-10,12H2,(H,22,24). The van der Waals surface area contributed by atoms with Crippen LogP contribution in [0.15, 0.2) is 42.6 Å². The molecule has 0 spiro atoms. The average molecular weight is 364 g/mol. The highest BCUT2D eigenvalue weighted by Crippen LogP contribution is 2.23. The van der Waals surface area contributed by atoms with Crippen molar-refractivity contribution in [3.63, 3.8) is 0 Å². The van der Waals surface area contributed by atoms with Crippen LogP contribution in [0, 0.1) is 5.92 Å². The van der Waals surface area contributed by atoms with Crippen molar-refractivity contribution in [3.8, 4) is 0 Å². The van der Waals surface area contributed by atoms with Crippen molar-refractivity contribution < 1.29 is 4.79 Å². The molecule has 0 bridgehead atoms. The van der Waals surface area contributed by atoms with Crippen LogP contribution in [0.4, 0.5) is 5.82 Å². The molecule has 0 saturated carbocycles. The van der Waals surface area contributed by atoms with E-state index in [-0.39, 0.29) is 5.91 Å². The van der Waals surface area contributed by atoms with Crippen molar-refractivity contribution >= 4 is 34.9 Å². The van der Waals surface area contributed by atoms with Crippen molar-refractivity contribution in [2.75, 3.05) is 24.5 Å². The molecule has 1 fully saturated rings. The number of amides is 1. The van der Waals surface area contributed by atoms with Crippen molar-refractivity contribution in [2.45, 2.75) is 12.8 Å². The number of carbonyl (C=O) groups is 1. The third kappa shape index (κ3) is 4.19. The lowest BCUT2D eigenvalue weighted by Crippen LogP contribution is -2.39. The minimum Gasteiger partial charge on any atom is -0.357 e. The number of hydrogen-bond donors (Lipinski definition) is 1. The first-order chi connectivity index (χ1) is 11.6. The van der Waals surface area contributed by atoms with Crippen LogP contribution >= 0.6 is 23.2 Å². The predicted molar refractivity (Wildman–Crippen MR) is 98.0 cm³/mol. The van der Waals surface area contributed by atoms with Crippen LogP contribution in [-0.4, -0.2) is 30.5 Å². The van der Waals surface area contributed by atoms with Gasteiger partial charge < -0.3 is 10.2 Å². The van der Waals surface area contributed by atoms with Gasteiger partial charge in [-0.2, -0.15) is 0 Å². The highest BCUT2D eigenvalue weighted by atomic mass is 35.5. The number of aromatic nitrogens is 1. The molecule has 0 atom stereocenters. The van der Waals surface area contributed by atoms with Crippen molar-refractivity contribution in [1.29, 1.82) is 0 Å². The predicted octanol–water partition coefficient (Wildman–Crippen LogP) is 4.03. The molecule has 126 valence electrons. The Kier molecular flexibility index (Phi) is 5.59. The fourth-order valence-corrected chi connectivity index (χ4v) is 3.41. The molecule has 24 heavy (non-hydrogen) atoms. The summed E-state index contributed by atoms with van der Waals surface area (Å²) in [6.45, 7) is 2.58. The highest BCUT2D eigenvalue weighted by molar-refractivity contribution is 6.36. The summed E-state index contributed by atoms with van der Waals surface area (Å²) in [4.78, 5) is 18.9. The molecular formula is C18H19Cl2N3O. The number of nitrogens with zero attached hydrogens (tertiary/aromatic N) is 2. The summed E-state index contributed by atoms with van der Waals surface area (Å²) in [7, 11) is 0. The Balaban J connectivity index is 1.49. The Bertz CT molecular complexity index is 701. The van der Waals surface area contributed by atoms with Crippen molar-refractivity contribution in [2.24, 2.45) is 5.92 Å². The van der Waals surface area contributed by atoms with Gasteiger partial charge in [0.15, 0.2) is 0 Å². The molecule has 1 N–H and O–H groups in total. The fraction of sp³-hybridized carbons (Fsp3) is 0.333. The molecular weight excluding hydrogens is 345 g/mol. The molecule has 0 radical (unpaired) electrons. The maximum absolute atomic E-state index is 12.2. The first-order valence-corrected chi connectivity index (χ1v) is 8.78. The third-order valence-corrected chi connectivity index (χ3v) is 4.86. The van der Waals surface area contributed by atoms with E-state index in [1.54, 1.807) is 18.2 Å². The van der Waals surface area contributed by atoms with Crippen LogP contribution in [-0.2, 0) is 0 Å². The van der Waals surface area contributed by atoms with Crippen LogP contribution in [0.2, 0.25) is 10.0 Å². The lowest BCUT2D eigenvalue weighted by atomic mass is 9.96. The van der Waals surface area contributed by atoms with Gasteiger partial charge in [0.25, 0.3) is 5.91 Å². The van der Waals surface area contributed by atoms with Crippen molar-refractivity contribution in [1.82, 2.24) is 10.3 Å². The Morgan fingerprint density at radius 2 is 2.00 bits per heavy atom. The van der Waals surface area contributed by atoms with Crippen LogP contribution in [0.3, 0.4) is 0 Å². The highest BCUT2D eigenvalue weighted by Gasteiger charge is 2.21. The van der Waals surface area contributed by atoms with Gasteiger partial charge in [-0.3, -0.25) is 4.79 Å². The number of piperidine rings is 1. The summed E-state index contributed by atoms with van der Waals surface area (Å²) >= 11 is 11.9. The fourth-order valence-electron chi connectivity index (χ4n) is 2.91. The van der Waals surface area contributed by atoms with Crippen LogP contribution in [0.5, 0.6) is 0 Å². The largest absolute Gasteiger partial charge is 0.357 e. The number of rotatable bonds is 4. The maximum atomic E-state index is 12.2. The van der Waals surface area contributed by atoms with E-state index in [0.717, 1.165) is 31.7 Å². The van der Waals surface area contributed by atoms with E-state index in [0.29, 0.717) is 28.1 Å². The number of benzene rings is 1. The average Bonchev–Trinajstić information content (AvgIpc) is 2.61. The number of anilines is 1. The van der Waals surface area contributed by atoms with E-state index in [1.165, 1.54) is 0 Å². The van der Waals surface area contributed by atoms with Gasteiger partial charge in [0, 0.05) is 30.9 Å². The van der Waals surface area contributed by atoms with Gasteiger partial charge in [0.2, 0.25) is 0 Å². The van der Waals surface area contributed by atoms with Crippen molar-refractivity contribution in [3.05, 3.63) is 58.2 Å². The summed E-state index contributed by atoms with van der Waals surface area (Å²) in [5, 5.41) is 3.89. The lowest BCUT2D eigenvalue weighted by molar-refractivity contribution is 0.0945. The Hall–Kier alpha value is -1.78. The van der Waals surface area contributed by atoms with Gasteiger partial charge in [-0.05, 0) is 49.1 Å². The molecule has 1 aliphatic rings. The second-order valence-electron chi connectivity index (χ2n) is 5.95. The second-order valence-corrected chi connectivity index (χ2v) is 6.80. The van der Waals surface area contributed by atoms with E-state index >= 15 is 0 Å². The molecule has 1 aromatic heterocycles. The molecule has 2 aromatic rings. The maximum Gasteiger partial charge on any atom is 0.252 e. The van der Waals surface area contributed by atoms with Gasteiger partial charge >= 0.3 is 0 Å². The number of halogens is 2. The van der Waals surface area contributed by atoms with Gasteiger partial charge in [0.1, 0.15) is 5.82 Å². The van der Waals surface area contributed by atoms with Crippen LogP contribution < -0.4 is 10.2 Å². The van der Waals surface area contributed by atoms with E-state index in [1.807, 2.05) is 24.4 Å². The molecule has 1 amide bonds. The topological polar surface area (TPSA) is 45.2 Å². The normalized spacial score (nSPS) is 15.3. The molecule has 3 rings (SSSR count). The molecule has 6 heteroatoms. The van der Waals surface area contributed by atoms with Crippen LogP contribution in [0.25, 0.3) is 0 Å². The molecule has 1 aromatic carbocycles. The number of carbonyl (C=O) groups excluding carboxylic acids is 1. The molecule has 4 nitrogen and oxygen atoms in total. The lowest BCUT2D eigenvalue weighted by Gasteiger charge is -2.32. The summed E-state index contributed by atoms with van der Waals surface area (Å²) in [6, 6.07) is 10.9. The van der Waals surface area contributed by atoms with E-state index in [4.69, 9.17) is 23.2 Å². The monoisotopic (exact) mass is 363 g/mol. The smallest absolute Gasteiger partial charge is 0.252 e. The van der Waals surface area contributed by atoms with Gasteiger partial charge in [-0.1, -0.05) is 29.3 Å². The first-order valence-electron chi connectivity index (χ1n) is 8.02. The first kappa shape index (κ1) is 17.1. The Labute approximate surface area is 151 Å². The zero-order chi connectivity index (χ0) is 16.9. The Morgan fingerprint density at radius 3 is 2.67 bits per heavy atom. The summed E-state index contributed by atoms with van der Waals surface area (Å²) in [6.07, 6.45) is 3.88. The second kappa shape index (κ2) is 7.86. The van der Waals surface area contributed by atoms with Gasteiger partial charge in [-0.25, -0.2) is 4.98 Å².